The topological polar surface area (TPSA) is 88.9 Å². The maximum absolute atomic E-state index is 12.2. The molecule has 2 amide bonds. The maximum atomic E-state index is 12.2. The van der Waals surface area contributed by atoms with Gasteiger partial charge in [0.1, 0.15) is 5.82 Å². The van der Waals surface area contributed by atoms with Gasteiger partial charge in [0.2, 0.25) is 17.8 Å². The molecule has 1 aliphatic heterocycles. The summed E-state index contributed by atoms with van der Waals surface area (Å²) in [6.07, 6.45) is 1.07. The number of hydrogen-bond acceptors (Lipinski definition) is 4. The number of carbonyl (C=O) groups is 2. The molecule has 23 heavy (non-hydrogen) atoms. The van der Waals surface area contributed by atoms with Crippen molar-refractivity contribution in [1.29, 1.82) is 0 Å². The minimum Gasteiger partial charge on any atom is -0.326 e. The lowest BCUT2D eigenvalue weighted by atomic mass is 10.0. The van der Waals surface area contributed by atoms with Gasteiger partial charge in [0.25, 0.3) is 0 Å². The molecule has 1 atom stereocenters. The fraction of sp³-hybridized carbons (Fsp3) is 0.375. The van der Waals surface area contributed by atoms with E-state index in [2.05, 4.69) is 27.6 Å². The maximum Gasteiger partial charge on any atom is 0.232 e. The van der Waals surface area contributed by atoms with Gasteiger partial charge < -0.3 is 5.32 Å². The van der Waals surface area contributed by atoms with E-state index in [9.17, 15) is 9.59 Å². The predicted octanol–water partition coefficient (Wildman–Crippen LogP) is 1.75. The average molecular weight is 313 g/mol. The molecule has 0 aliphatic carbocycles. The van der Waals surface area contributed by atoms with E-state index in [1.54, 1.807) is 11.6 Å². The number of carbonyl (C=O) groups excluding carboxylic acids is 2. The predicted molar refractivity (Wildman–Crippen MR) is 85.9 cm³/mol. The standard InChI is InChI=1S/C16H19N5O2/c1-3-11-4-6-13(7-5-11)18-14(22)8-12-9-21-16(19-15(12)23)17-10(2)20-21/h4-7,12H,3,8-9H2,1-2H3,(H,18,22)(H,17,19,20,23). The minimum absolute atomic E-state index is 0.111. The quantitative estimate of drug-likeness (QED) is 0.900. The summed E-state index contributed by atoms with van der Waals surface area (Å²) < 4.78 is 1.63. The van der Waals surface area contributed by atoms with Crippen molar-refractivity contribution >= 4 is 23.5 Å². The smallest absolute Gasteiger partial charge is 0.232 e. The number of hydrogen-bond donors (Lipinski definition) is 2. The zero-order valence-electron chi connectivity index (χ0n) is 13.2. The molecule has 0 fully saturated rings. The number of nitrogens with zero attached hydrogens (tertiary/aromatic N) is 3. The highest BCUT2D eigenvalue weighted by molar-refractivity contribution is 5.98. The molecule has 1 aromatic carbocycles. The lowest BCUT2D eigenvalue weighted by Gasteiger charge is -2.21. The molecule has 7 nitrogen and oxygen atoms in total. The second kappa shape index (κ2) is 6.20. The summed E-state index contributed by atoms with van der Waals surface area (Å²) in [5, 5.41) is 9.72. The fourth-order valence-corrected chi connectivity index (χ4v) is 2.60. The summed E-state index contributed by atoms with van der Waals surface area (Å²) in [7, 11) is 0. The van der Waals surface area contributed by atoms with Crippen molar-refractivity contribution in [3.8, 4) is 0 Å². The molecule has 0 spiro atoms. The normalized spacial score (nSPS) is 16.6. The van der Waals surface area contributed by atoms with Crippen LogP contribution in [0, 0.1) is 12.8 Å². The molecule has 0 radical (unpaired) electrons. The number of aryl methyl sites for hydroxylation is 2. The van der Waals surface area contributed by atoms with Gasteiger partial charge in [-0.25, -0.2) is 4.68 Å². The fourth-order valence-electron chi connectivity index (χ4n) is 2.60. The van der Waals surface area contributed by atoms with Crippen LogP contribution in [0.4, 0.5) is 11.6 Å². The van der Waals surface area contributed by atoms with Crippen LogP contribution < -0.4 is 10.6 Å². The van der Waals surface area contributed by atoms with Crippen molar-refractivity contribution in [2.45, 2.75) is 33.2 Å². The highest BCUT2D eigenvalue weighted by Crippen LogP contribution is 2.20. The highest BCUT2D eigenvalue weighted by atomic mass is 16.2. The van der Waals surface area contributed by atoms with Gasteiger partial charge in [-0.05, 0) is 31.0 Å². The molecule has 3 rings (SSSR count). The Morgan fingerprint density at radius 1 is 1.39 bits per heavy atom. The summed E-state index contributed by atoms with van der Waals surface area (Å²) >= 11 is 0. The number of aromatic nitrogens is 3. The van der Waals surface area contributed by atoms with Gasteiger partial charge in [-0.3, -0.25) is 14.9 Å². The van der Waals surface area contributed by atoms with Crippen LogP contribution in [0.3, 0.4) is 0 Å². The van der Waals surface area contributed by atoms with Crippen LogP contribution in [0.25, 0.3) is 0 Å². The van der Waals surface area contributed by atoms with E-state index < -0.39 is 5.92 Å². The Morgan fingerprint density at radius 2 is 2.13 bits per heavy atom. The van der Waals surface area contributed by atoms with E-state index in [0.29, 0.717) is 18.3 Å². The Kier molecular flexibility index (Phi) is 4.10. The first kappa shape index (κ1) is 15.2. The van der Waals surface area contributed by atoms with E-state index in [-0.39, 0.29) is 18.2 Å². The summed E-state index contributed by atoms with van der Waals surface area (Å²) in [5.74, 6) is 0.218. The number of nitrogens with one attached hydrogen (secondary N) is 2. The average Bonchev–Trinajstić information content (AvgIpc) is 2.87. The monoisotopic (exact) mass is 313 g/mol. The molecule has 0 bridgehead atoms. The lowest BCUT2D eigenvalue weighted by molar-refractivity contribution is -0.125. The first-order chi connectivity index (χ1) is 11.0. The Hall–Kier alpha value is -2.70. The van der Waals surface area contributed by atoms with E-state index in [0.717, 1.165) is 12.1 Å². The molecule has 7 heteroatoms. The van der Waals surface area contributed by atoms with Gasteiger partial charge in [-0.2, -0.15) is 10.1 Å². The summed E-state index contributed by atoms with van der Waals surface area (Å²) in [4.78, 5) is 28.3. The zero-order valence-corrected chi connectivity index (χ0v) is 13.2. The van der Waals surface area contributed by atoms with Gasteiger partial charge in [0.15, 0.2) is 0 Å². The zero-order chi connectivity index (χ0) is 16.4. The minimum atomic E-state index is -0.446. The number of benzene rings is 1. The molecule has 2 heterocycles. The summed E-state index contributed by atoms with van der Waals surface area (Å²) in [6, 6.07) is 7.70. The molecule has 2 aromatic rings. The second-order valence-electron chi connectivity index (χ2n) is 5.65. The lowest BCUT2D eigenvalue weighted by Crippen LogP contribution is -2.36. The van der Waals surface area contributed by atoms with Gasteiger partial charge in [0.05, 0.1) is 12.5 Å². The number of anilines is 2. The molecule has 1 aromatic heterocycles. The number of amides is 2. The second-order valence-corrected chi connectivity index (χ2v) is 5.65. The first-order valence-electron chi connectivity index (χ1n) is 7.66. The highest BCUT2D eigenvalue weighted by Gasteiger charge is 2.29. The van der Waals surface area contributed by atoms with Crippen LogP contribution in [0.15, 0.2) is 24.3 Å². The molecular weight excluding hydrogens is 294 g/mol. The number of fused-ring (bicyclic) bond motifs is 1. The van der Waals surface area contributed by atoms with E-state index >= 15 is 0 Å². The van der Waals surface area contributed by atoms with E-state index in [1.165, 1.54) is 5.56 Å². The van der Waals surface area contributed by atoms with Crippen LogP contribution in [0.1, 0.15) is 24.7 Å². The Balaban J connectivity index is 1.62. The van der Waals surface area contributed by atoms with Crippen LogP contribution >= 0.6 is 0 Å². The molecule has 0 saturated heterocycles. The molecule has 1 unspecified atom stereocenters. The van der Waals surface area contributed by atoms with Gasteiger partial charge >= 0.3 is 0 Å². The van der Waals surface area contributed by atoms with Crippen molar-refractivity contribution in [3.05, 3.63) is 35.7 Å². The largest absolute Gasteiger partial charge is 0.326 e. The van der Waals surface area contributed by atoms with Crippen LogP contribution in [0.2, 0.25) is 0 Å². The summed E-state index contributed by atoms with van der Waals surface area (Å²) in [6.45, 7) is 4.21. The third-order valence-corrected chi connectivity index (χ3v) is 3.85. The summed E-state index contributed by atoms with van der Waals surface area (Å²) in [5.41, 5.74) is 1.95. The Labute approximate surface area is 134 Å². The van der Waals surface area contributed by atoms with Crippen LogP contribution in [-0.2, 0) is 22.6 Å². The van der Waals surface area contributed by atoms with E-state index in [1.807, 2.05) is 24.3 Å². The number of rotatable bonds is 4. The Bertz CT molecular complexity index is 735. The molecule has 0 saturated carbocycles. The van der Waals surface area contributed by atoms with Crippen molar-refractivity contribution in [1.82, 2.24) is 14.8 Å². The van der Waals surface area contributed by atoms with Crippen molar-refractivity contribution in [2.75, 3.05) is 10.6 Å². The third kappa shape index (κ3) is 3.39. The SMILES string of the molecule is CCc1ccc(NC(=O)CC2Cn3nc(C)nc3NC2=O)cc1. The van der Waals surface area contributed by atoms with Gasteiger partial charge in [0, 0.05) is 12.1 Å². The van der Waals surface area contributed by atoms with Gasteiger partial charge in [-0.15, -0.1) is 0 Å². The molecule has 1 aliphatic rings. The van der Waals surface area contributed by atoms with Crippen molar-refractivity contribution in [3.63, 3.8) is 0 Å². The van der Waals surface area contributed by atoms with Crippen LogP contribution in [0.5, 0.6) is 0 Å². The van der Waals surface area contributed by atoms with Crippen molar-refractivity contribution in [2.24, 2.45) is 5.92 Å². The molecular formula is C16H19N5O2. The first-order valence-corrected chi connectivity index (χ1v) is 7.66. The third-order valence-electron chi connectivity index (χ3n) is 3.85. The Morgan fingerprint density at radius 3 is 2.83 bits per heavy atom. The van der Waals surface area contributed by atoms with Crippen LogP contribution in [-0.4, -0.2) is 26.6 Å². The van der Waals surface area contributed by atoms with Crippen molar-refractivity contribution < 1.29 is 9.59 Å². The van der Waals surface area contributed by atoms with Gasteiger partial charge in [-0.1, -0.05) is 19.1 Å². The molecule has 120 valence electrons. The molecule has 2 N–H and O–H groups in total. The van der Waals surface area contributed by atoms with E-state index in [4.69, 9.17) is 0 Å².